The molecule has 1 amide bonds. The van der Waals surface area contributed by atoms with Crippen molar-refractivity contribution in [3.8, 4) is 0 Å². The predicted octanol–water partition coefficient (Wildman–Crippen LogP) is 4.69. The van der Waals surface area contributed by atoms with Crippen LogP contribution < -0.4 is 5.32 Å². The van der Waals surface area contributed by atoms with Crippen LogP contribution in [-0.4, -0.2) is 39.7 Å². The summed E-state index contributed by atoms with van der Waals surface area (Å²) in [5.74, 6) is -3.99. The second-order valence-electron chi connectivity index (χ2n) is 7.33. The van der Waals surface area contributed by atoms with Gasteiger partial charge in [-0.25, -0.2) is 8.78 Å². The van der Waals surface area contributed by atoms with Gasteiger partial charge in [-0.2, -0.15) is 0 Å². The molecule has 0 aromatic heterocycles. The van der Waals surface area contributed by atoms with Crippen molar-refractivity contribution >= 4 is 34.2 Å². The van der Waals surface area contributed by atoms with Gasteiger partial charge in [-0.05, 0) is 44.9 Å². The number of carbonyl (C=O) groups is 1. The number of ether oxygens (including phenoxy) is 1. The van der Waals surface area contributed by atoms with E-state index < -0.39 is 29.6 Å². The van der Waals surface area contributed by atoms with Crippen molar-refractivity contribution in [2.45, 2.75) is 44.8 Å². The minimum Gasteiger partial charge on any atom is -0.359 e. The maximum Gasteiger partial charge on any atom is 0.303 e. The standard InChI is InChI=1S/C21H25F2IN2O2/c1-14(11-15(2)25-16(3)17-9-7-6-8-10-17)20(13-24)21(22,23)19(4,5)28-12-18(27)26-20/h6-11H,1,12-13H2,2-5H3,(H,26,27)/b15-11+,25-16?/t20-/m1/s1. The van der Waals surface area contributed by atoms with Crippen molar-refractivity contribution in [3.05, 3.63) is 59.8 Å². The second kappa shape index (κ2) is 8.41. The SMILES string of the molecule is C=C(/C=C(\C)N=C(C)c1ccccc1)[C@@]1(CI)NC(=O)COC(C)(C)C1(F)F. The Balaban J connectivity index is 2.45. The molecule has 7 heteroatoms. The zero-order valence-corrected chi connectivity index (χ0v) is 18.6. The van der Waals surface area contributed by atoms with Crippen molar-refractivity contribution in [3.63, 3.8) is 0 Å². The van der Waals surface area contributed by atoms with Crippen LogP contribution in [0.3, 0.4) is 0 Å². The van der Waals surface area contributed by atoms with E-state index in [1.54, 1.807) is 6.92 Å². The number of aliphatic imine (C=N–C) groups is 1. The normalized spacial score (nSPS) is 25.0. The van der Waals surface area contributed by atoms with Gasteiger partial charge in [0.2, 0.25) is 5.91 Å². The highest BCUT2D eigenvalue weighted by Crippen LogP contribution is 2.46. The Hall–Kier alpha value is -1.61. The summed E-state index contributed by atoms with van der Waals surface area (Å²) in [5.41, 5.74) is -1.52. The average molecular weight is 502 g/mol. The highest BCUT2D eigenvalue weighted by Gasteiger charge is 2.65. The predicted molar refractivity (Wildman–Crippen MR) is 116 cm³/mol. The van der Waals surface area contributed by atoms with Gasteiger partial charge in [0.25, 0.3) is 0 Å². The third-order valence-corrected chi connectivity index (χ3v) is 6.02. The number of allylic oxidation sites excluding steroid dienone is 1. The molecule has 0 unspecified atom stereocenters. The summed E-state index contributed by atoms with van der Waals surface area (Å²) < 4.78 is 36.1. The van der Waals surface area contributed by atoms with Gasteiger partial charge in [0, 0.05) is 15.8 Å². The molecular weight excluding hydrogens is 477 g/mol. The number of alkyl halides is 3. The van der Waals surface area contributed by atoms with E-state index in [0.29, 0.717) is 5.70 Å². The molecule has 1 heterocycles. The molecule has 1 atom stereocenters. The van der Waals surface area contributed by atoms with Crippen LogP contribution in [0.15, 0.2) is 59.2 Å². The van der Waals surface area contributed by atoms with Crippen LogP contribution in [-0.2, 0) is 9.53 Å². The van der Waals surface area contributed by atoms with Crippen LogP contribution in [0, 0.1) is 0 Å². The number of rotatable bonds is 5. The molecule has 1 aromatic rings. The largest absolute Gasteiger partial charge is 0.359 e. The van der Waals surface area contributed by atoms with E-state index in [9.17, 15) is 4.79 Å². The van der Waals surface area contributed by atoms with Gasteiger partial charge in [-0.3, -0.25) is 9.79 Å². The smallest absolute Gasteiger partial charge is 0.303 e. The molecule has 2 rings (SSSR count). The Morgan fingerprint density at radius 1 is 1.32 bits per heavy atom. The van der Waals surface area contributed by atoms with E-state index in [1.807, 2.05) is 59.8 Å². The van der Waals surface area contributed by atoms with Crippen molar-refractivity contribution in [1.82, 2.24) is 5.32 Å². The lowest BCUT2D eigenvalue weighted by Crippen LogP contribution is -2.67. The first-order valence-corrected chi connectivity index (χ1v) is 10.4. The van der Waals surface area contributed by atoms with Crippen LogP contribution >= 0.6 is 22.6 Å². The lowest BCUT2D eigenvalue weighted by molar-refractivity contribution is -0.204. The zero-order chi connectivity index (χ0) is 21.2. The van der Waals surface area contributed by atoms with Gasteiger partial charge in [-0.15, -0.1) is 0 Å². The molecule has 0 bridgehead atoms. The van der Waals surface area contributed by atoms with E-state index >= 15 is 8.78 Å². The summed E-state index contributed by atoms with van der Waals surface area (Å²) in [6, 6.07) is 9.56. The number of nitrogens with one attached hydrogen (secondary N) is 1. The summed E-state index contributed by atoms with van der Waals surface area (Å²) in [5, 5.41) is 2.46. The van der Waals surface area contributed by atoms with Crippen LogP contribution in [0.2, 0.25) is 0 Å². The number of amides is 1. The van der Waals surface area contributed by atoms with E-state index in [4.69, 9.17) is 4.74 Å². The first-order chi connectivity index (χ1) is 13.0. The summed E-state index contributed by atoms with van der Waals surface area (Å²) in [6.45, 7) is 9.59. The van der Waals surface area contributed by atoms with Crippen LogP contribution in [0.5, 0.6) is 0 Å². The fourth-order valence-electron chi connectivity index (χ4n) is 3.10. The third kappa shape index (κ3) is 4.20. The molecule has 28 heavy (non-hydrogen) atoms. The Morgan fingerprint density at radius 3 is 2.50 bits per heavy atom. The Morgan fingerprint density at radius 2 is 1.93 bits per heavy atom. The minimum absolute atomic E-state index is 0.0692. The first kappa shape index (κ1) is 22.7. The summed E-state index contributed by atoms with van der Waals surface area (Å²) >= 11 is 1.85. The van der Waals surface area contributed by atoms with Gasteiger partial charge in [-0.1, -0.05) is 59.5 Å². The molecule has 0 saturated carbocycles. The molecule has 4 nitrogen and oxygen atoms in total. The number of halogens is 3. The van der Waals surface area contributed by atoms with E-state index in [2.05, 4.69) is 16.9 Å². The first-order valence-electron chi connectivity index (χ1n) is 8.84. The van der Waals surface area contributed by atoms with Gasteiger partial charge in [0.1, 0.15) is 17.7 Å². The summed E-state index contributed by atoms with van der Waals surface area (Å²) in [7, 11) is 0. The van der Waals surface area contributed by atoms with E-state index in [-0.39, 0.29) is 10.0 Å². The lowest BCUT2D eigenvalue weighted by atomic mass is 9.78. The van der Waals surface area contributed by atoms with E-state index in [0.717, 1.165) is 11.3 Å². The zero-order valence-electron chi connectivity index (χ0n) is 16.5. The Kier molecular flexibility index (Phi) is 6.81. The maximum atomic E-state index is 15.5. The monoisotopic (exact) mass is 502 g/mol. The maximum absolute atomic E-state index is 15.5. The Bertz CT molecular complexity index is 819. The minimum atomic E-state index is -3.39. The van der Waals surface area contributed by atoms with Crippen molar-refractivity contribution in [1.29, 1.82) is 0 Å². The second-order valence-corrected chi connectivity index (χ2v) is 8.10. The molecule has 1 fully saturated rings. The Labute approximate surface area is 178 Å². The number of carbonyl (C=O) groups excluding carboxylic acids is 1. The van der Waals surface area contributed by atoms with Gasteiger partial charge in [0.05, 0.1) is 0 Å². The average Bonchev–Trinajstić information content (AvgIpc) is 2.70. The molecule has 1 N–H and O–H groups in total. The molecule has 1 saturated heterocycles. The number of hydrogen-bond acceptors (Lipinski definition) is 3. The van der Waals surface area contributed by atoms with Crippen molar-refractivity contribution < 1.29 is 18.3 Å². The molecular formula is C21H25F2IN2O2. The molecule has 152 valence electrons. The molecule has 1 aliphatic rings. The highest BCUT2D eigenvalue weighted by molar-refractivity contribution is 14.1. The molecule has 0 radical (unpaired) electrons. The lowest BCUT2D eigenvalue weighted by Gasteiger charge is -2.45. The highest BCUT2D eigenvalue weighted by atomic mass is 127. The molecule has 0 aliphatic carbocycles. The van der Waals surface area contributed by atoms with Crippen molar-refractivity contribution in [2.75, 3.05) is 11.0 Å². The van der Waals surface area contributed by atoms with Crippen LogP contribution in [0.1, 0.15) is 33.3 Å². The summed E-state index contributed by atoms with van der Waals surface area (Å²) in [6.07, 6.45) is 1.50. The molecule has 0 spiro atoms. The molecule has 1 aromatic carbocycles. The van der Waals surface area contributed by atoms with Gasteiger partial charge in [0.15, 0.2) is 0 Å². The number of nitrogens with zero attached hydrogens (tertiary/aromatic N) is 1. The number of hydrogen-bond donors (Lipinski definition) is 1. The fraction of sp³-hybridized carbons (Fsp3) is 0.429. The summed E-state index contributed by atoms with van der Waals surface area (Å²) in [4.78, 5) is 16.6. The van der Waals surface area contributed by atoms with Gasteiger partial charge >= 0.3 is 5.92 Å². The van der Waals surface area contributed by atoms with Crippen molar-refractivity contribution in [2.24, 2.45) is 4.99 Å². The topological polar surface area (TPSA) is 50.7 Å². The fourth-order valence-corrected chi connectivity index (χ4v) is 4.26. The number of benzene rings is 1. The third-order valence-electron chi connectivity index (χ3n) is 4.88. The quantitative estimate of drug-likeness (QED) is 0.275. The molecule has 1 aliphatic heterocycles. The van der Waals surface area contributed by atoms with Gasteiger partial charge < -0.3 is 10.1 Å². The van der Waals surface area contributed by atoms with Crippen LogP contribution in [0.4, 0.5) is 8.78 Å². The van der Waals surface area contributed by atoms with E-state index in [1.165, 1.54) is 19.9 Å². The van der Waals surface area contributed by atoms with Crippen LogP contribution in [0.25, 0.3) is 0 Å².